The maximum Gasteiger partial charge on any atom is 0.323 e. The summed E-state index contributed by atoms with van der Waals surface area (Å²) in [5.74, 6) is -0.547. The molecule has 0 heterocycles. The Morgan fingerprint density at radius 3 is 2.53 bits per heavy atom. The lowest BCUT2D eigenvalue weighted by atomic mass is 10.1. The van der Waals surface area contributed by atoms with Crippen molar-refractivity contribution >= 4 is 11.9 Å². The average Bonchev–Trinajstić information content (AvgIpc) is 2.32. The molecule has 0 saturated heterocycles. The number of carbonyl (C=O) groups is 2. The number of aliphatic carboxylic acids is 1. The largest absolute Gasteiger partial charge is 0.493 e. The predicted molar refractivity (Wildman–Crippen MR) is 71.3 cm³/mol. The van der Waals surface area contributed by atoms with Crippen molar-refractivity contribution in [3.05, 3.63) is 29.3 Å². The first-order valence-corrected chi connectivity index (χ1v) is 6.06. The van der Waals surface area contributed by atoms with Crippen LogP contribution in [0.4, 0.5) is 0 Å². The van der Waals surface area contributed by atoms with Gasteiger partial charge in [-0.1, -0.05) is 6.07 Å². The molecule has 0 aromatic heterocycles. The summed E-state index contributed by atoms with van der Waals surface area (Å²) in [5.41, 5.74) is 2.32. The van der Waals surface area contributed by atoms with Gasteiger partial charge in [0.05, 0.1) is 13.0 Å². The zero-order chi connectivity index (χ0) is 14.4. The van der Waals surface area contributed by atoms with E-state index in [0.29, 0.717) is 0 Å². The SMILES string of the molecule is Cc1ccc(OCCC(=O)N(C)CC(=O)O)cc1C. The van der Waals surface area contributed by atoms with Crippen molar-refractivity contribution in [3.8, 4) is 5.75 Å². The molecule has 1 amide bonds. The number of carbonyl (C=O) groups excluding carboxylic acids is 1. The van der Waals surface area contributed by atoms with Crippen LogP contribution in [0.3, 0.4) is 0 Å². The van der Waals surface area contributed by atoms with E-state index in [2.05, 4.69) is 0 Å². The quantitative estimate of drug-likeness (QED) is 0.848. The van der Waals surface area contributed by atoms with Crippen molar-refractivity contribution in [1.29, 1.82) is 0 Å². The number of hydrogen-bond acceptors (Lipinski definition) is 3. The molecule has 1 aromatic rings. The van der Waals surface area contributed by atoms with Crippen LogP contribution < -0.4 is 4.74 Å². The molecular weight excluding hydrogens is 246 g/mol. The Morgan fingerprint density at radius 2 is 1.95 bits per heavy atom. The predicted octanol–water partition coefficient (Wildman–Crippen LogP) is 1.62. The Labute approximate surface area is 112 Å². The minimum absolute atomic E-state index is 0.163. The number of nitrogens with zero attached hydrogens (tertiary/aromatic N) is 1. The molecule has 0 bridgehead atoms. The Bertz CT molecular complexity index is 471. The third-order valence-electron chi connectivity index (χ3n) is 2.86. The van der Waals surface area contributed by atoms with Gasteiger partial charge in [0.25, 0.3) is 0 Å². The van der Waals surface area contributed by atoms with Crippen molar-refractivity contribution in [3.63, 3.8) is 0 Å². The monoisotopic (exact) mass is 265 g/mol. The lowest BCUT2D eigenvalue weighted by Crippen LogP contribution is -2.32. The molecule has 0 aliphatic heterocycles. The van der Waals surface area contributed by atoms with Gasteiger partial charge in [0.1, 0.15) is 12.3 Å². The van der Waals surface area contributed by atoms with E-state index in [1.165, 1.54) is 17.5 Å². The second-order valence-corrected chi connectivity index (χ2v) is 4.49. The Kier molecular flexibility index (Phi) is 5.36. The van der Waals surface area contributed by atoms with E-state index in [9.17, 15) is 9.59 Å². The molecule has 0 spiro atoms. The fraction of sp³-hybridized carbons (Fsp3) is 0.429. The van der Waals surface area contributed by atoms with Crippen molar-refractivity contribution < 1.29 is 19.4 Å². The number of carboxylic acid groups (broad SMARTS) is 1. The molecule has 0 aliphatic carbocycles. The van der Waals surface area contributed by atoms with Crippen LogP contribution in [0.5, 0.6) is 5.75 Å². The van der Waals surface area contributed by atoms with Gasteiger partial charge in [-0.15, -0.1) is 0 Å². The fourth-order valence-electron chi connectivity index (χ4n) is 1.54. The normalized spacial score (nSPS) is 10.1. The molecule has 0 aliphatic rings. The molecule has 1 aromatic carbocycles. The van der Waals surface area contributed by atoms with Crippen LogP contribution in [0.1, 0.15) is 17.5 Å². The Balaban J connectivity index is 2.39. The summed E-state index contributed by atoms with van der Waals surface area (Å²) >= 11 is 0. The number of likely N-dealkylation sites (N-methyl/N-ethyl adjacent to an activating group) is 1. The van der Waals surface area contributed by atoms with Crippen molar-refractivity contribution in [1.82, 2.24) is 4.90 Å². The molecular formula is C14H19NO4. The molecule has 1 rings (SSSR count). The molecule has 1 N–H and O–H groups in total. The second-order valence-electron chi connectivity index (χ2n) is 4.49. The number of rotatable bonds is 6. The summed E-state index contributed by atoms with van der Waals surface area (Å²) in [5, 5.41) is 8.57. The highest BCUT2D eigenvalue weighted by atomic mass is 16.5. The molecule has 5 heteroatoms. The molecule has 0 fully saturated rings. The average molecular weight is 265 g/mol. The van der Waals surface area contributed by atoms with Crippen molar-refractivity contribution in [2.75, 3.05) is 20.2 Å². The number of ether oxygens (including phenoxy) is 1. The number of aryl methyl sites for hydroxylation is 2. The van der Waals surface area contributed by atoms with Gasteiger partial charge in [-0.3, -0.25) is 9.59 Å². The summed E-state index contributed by atoms with van der Waals surface area (Å²) in [6.45, 7) is 3.96. The van der Waals surface area contributed by atoms with Gasteiger partial charge in [0, 0.05) is 7.05 Å². The zero-order valence-corrected chi connectivity index (χ0v) is 11.5. The highest BCUT2D eigenvalue weighted by Gasteiger charge is 2.11. The highest BCUT2D eigenvalue weighted by molar-refractivity contribution is 5.81. The lowest BCUT2D eigenvalue weighted by Gasteiger charge is -2.14. The first kappa shape index (κ1) is 15.0. The van der Waals surface area contributed by atoms with E-state index in [0.717, 1.165) is 11.3 Å². The van der Waals surface area contributed by atoms with Gasteiger partial charge in [-0.05, 0) is 37.1 Å². The summed E-state index contributed by atoms with van der Waals surface area (Å²) in [7, 11) is 1.46. The smallest absolute Gasteiger partial charge is 0.323 e. The molecule has 0 unspecified atom stereocenters. The van der Waals surface area contributed by atoms with Crippen LogP contribution in [0.2, 0.25) is 0 Å². The fourth-order valence-corrected chi connectivity index (χ4v) is 1.54. The van der Waals surface area contributed by atoms with Gasteiger partial charge in [-0.2, -0.15) is 0 Å². The summed E-state index contributed by atoms with van der Waals surface area (Å²) in [4.78, 5) is 23.2. The van der Waals surface area contributed by atoms with Crippen LogP contribution in [0.25, 0.3) is 0 Å². The molecule has 0 radical (unpaired) electrons. The molecule has 5 nitrogen and oxygen atoms in total. The van der Waals surface area contributed by atoms with Crippen LogP contribution in [-0.2, 0) is 9.59 Å². The van der Waals surface area contributed by atoms with Crippen LogP contribution in [0, 0.1) is 13.8 Å². The van der Waals surface area contributed by atoms with E-state index >= 15 is 0 Å². The second kappa shape index (κ2) is 6.78. The summed E-state index contributed by atoms with van der Waals surface area (Å²) < 4.78 is 5.47. The standard InChI is InChI=1S/C14H19NO4/c1-10-4-5-12(8-11(10)2)19-7-6-13(16)15(3)9-14(17)18/h4-5,8H,6-7,9H2,1-3H3,(H,17,18). The van der Waals surface area contributed by atoms with Gasteiger partial charge in [0.15, 0.2) is 0 Å². The maximum atomic E-state index is 11.6. The topological polar surface area (TPSA) is 66.8 Å². The third-order valence-corrected chi connectivity index (χ3v) is 2.86. The van der Waals surface area contributed by atoms with Crippen LogP contribution in [0.15, 0.2) is 18.2 Å². The number of amides is 1. The number of benzene rings is 1. The minimum atomic E-state index is -1.02. The molecule has 0 atom stereocenters. The van der Waals surface area contributed by atoms with Crippen LogP contribution >= 0.6 is 0 Å². The van der Waals surface area contributed by atoms with Gasteiger partial charge in [-0.25, -0.2) is 0 Å². The van der Waals surface area contributed by atoms with Crippen molar-refractivity contribution in [2.45, 2.75) is 20.3 Å². The summed E-state index contributed by atoms with van der Waals surface area (Å²) in [6, 6.07) is 5.73. The van der Waals surface area contributed by atoms with E-state index in [1.807, 2.05) is 32.0 Å². The summed E-state index contributed by atoms with van der Waals surface area (Å²) in [6.07, 6.45) is 0.163. The molecule has 104 valence electrons. The minimum Gasteiger partial charge on any atom is -0.493 e. The van der Waals surface area contributed by atoms with E-state index < -0.39 is 5.97 Å². The number of carboxylic acids is 1. The van der Waals surface area contributed by atoms with Crippen molar-refractivity contribution in [2.24, 2.45) is 0 Å². The van der Waals surface area contributed by atoms with Gasteiger partial charge >= 0.3 is 5.97 Å². The zero-order valence-electron chi connectivity index (χ0n) is 11.5. The number of hydrogen-bond donors (Lipinski definition) is 1. The van der Waals surface area contributed by atoms with Gasteiger partial charge in [0.2, 0.25) is 5.91 Å². The Hall–Kier alpha value is -2.04. The molecule has 19 heavy (non-hydrogen) atoms. The Morgan fingerprint density at radius 1 is 1.26 bits per heavy atom. The van der Waals surface area contributed by atoms with E-state index in [1.54, 1.807) is 0 Å². The maximum absolute atomic E-state index is 11.6. The lowest BCUT2D eigenvalue weighted by molar-refractivity contribution is -0.143. The third kappa shape index (κ3) is 4.99. The first-order chi connectivity index (χ1) is 8.90. The van der Waals surface area contributed by atoms with E-state index in [4.69, 9.17) is 9.84 Å². The molecule has 0 saturated carbocycles. The first-order valence-electron chi connectivity index (χ1n) is 6.06. The van der Waals surface area contributed by atoms with Gasteiger partial charge < -0.3 is 14.7 Å². The highest BCUT2D eigenvalue weighted by Crippen LogP contribution is 2.16. The van der Waals surface area contributed by atoms with Crippen LogP contribution in [-0.4, -0.2) is 42.1 Å². The van der Waals surface area contributed by atoms with E-state index in [-0.39, 0.29) is 25.5 Å².